The van der Waals surface area contributed by atoms with Crippen LogP contribution in [-0.2, 0) is 4.79 Å². The van der Waals surface area contributed by atoms with Gasteiger partial charge in [0.15, 0.2) is 0 Å². The molecule has 0 radical (unpaired) electrons. The van der Waals surface area contributed by atoms with Gasteiger partial charge in [0.05, 0.1) is 23.7 Å². The fraction of sp³-hybridized carbons (Fsp3) is 0.200. The van der Waals surface area contributed by atoms with E-state index in [1.165, 1.54) is 31.4 Å². The van der Waals surface area contributed by atoms with Gasteiger partial charge in [-0.25, -0.2) is 0 Å². The molecule has 2 N–H and O–H groups in total. The first kappa shape index (κ1) is 16.1. The second kappa shape index (κ2) is 6.04. The third-order valence-corrected chi connectivity index (χ3v) is 3.90. The number of aromatic amines is 1. The van der Waals surface area contributed by atoms with Crippen LogP contribution >= 0.6 is 0 Å². The van der Waals surface area contributed by atoms with Crippen LogP contribution in [-0.4, -0.2) is 27.9 Å². The van der Waals surface area contributed by atoms with Gasteiger partial charge in [0.1, 0.15) is 11.7 Å². The van der Waals surface area contributed by atoms with Crippen molar-refractivity contribution in [2.75, 3.05) is 12.4 Å². The molecule has 126 valence electrons. The highest BCUT2D eigenvalue weighted by molar-refractivity contribution is 5.97. The van der Waals surface area contributed by atoms with Gasteiger partial charge in [-0.15, -0.1) is 0 Å². The average molecular weight is 341 g/mol. The lowest BCUT2D eigenvalue weighted by Crippen LogP contribution is -2.38. The summed E-state index contributed by atoms with van der Waals surface area (Å²) in [4.78, 5) is 41.3. The maximum Gasteiger partial charge on any atom is 0.298 e. The van der Waals surface area contributed by atoms with Crippen LogP contribution in [0.1, 0.15) is 17.0 Å². The van der Waals surface area contributed by atoms with Crippen LogP contribution in [0, 0.1) is 27.4 Å². The highest BCUT2D eigenvalue weighted by atomic mass is 16.6. The number of nitriles is 1. The number of anilines is 1. The number of H-pyrrole nitrogens is 1. The number of hydrogen-bond acceptors (Lipinski definition) is 7. The minimum atomic E-state index is -1.18. The van der Waals surface area contributed by atoms with Crippen molar-refractivity contribution >= 4 is 17.4 Å². The number of nitro groups is 1. The topological polar surface area (TPSA) is 151 Å². The van der Waals surface area contributed by atoms with Crippen molar-refractivity contribution in [2.24, 2.45) is 5.92 Å². The molecular formula is C15H11N5O5. The lowest BCUT2D eigenvalue weighted by atomic mass is 9.79. The lowest BCUT2D eigenvalue weighted by Gasteiger charge is -2.28. The van der Waals surface area contributed by atoms with E-state index in [2.05, 4.69) is 15.3 Å². The SMILES string of the molecule is COc1nc2c(c(=O)[nH]1)C(c1ccc([N+](=O)[O-])cc1)C(C#N)C(=O)N2. The smallest absolute Gasteiger partial charge is 0.298 e. The van der Waals surface area contributed by atoms with Crippen molar-refractivity contribution in [2.45, 2.75) is 5.92 Å². The van der Waals surface area contributed by atoms with Crippen LogP contribution in [0.3, 0.4) is 0 Å². The fourth-order valence-electron chi connectivity index (χ4n) is 2.75. The average Bonchev–Trinajstić information content (AvgIpc) is 2.60. The molecule has 10 nitrogen and oxygen atoms in total. The van der Waals surface area contributed by atoms with E-state index in [4.69, 9.17) is 4.74 Å². The summed E-state index contributed by atoms with van der Waals surface area (Å²) in [5, 5.41) is 22.6. The van der Waals surface area contributed by atoms with Crippen molar-refractivity contribution in [3.8, 4) is 12.1 Å². The number of benzene rings is 1. The minimum Gasteiger partial charge on any atom is -0.468 e. The number of carbonyl (C=O) groups excluding carboxylic acids is 1. The van der Waals surface area contributed by atoms with Gasteiger partial charge < -0.3 is 10.1 Å². The number of fused-ring (bicyclic) bond motifs is 1. The molecule has 2 heterocycles. The summed E-state index contributed by atoms with van der Waals surface area (Å²) in [6.07, 6.45) is 0. The molecule has 2 aromatic rings. The standard InChI is InChI=1S/C15H11N5O5/c1-25-15-18-12-11(14(22)19-15)10(9(6-16)13(21)17-12)7-2-4-8(5-3-7)20(23)24/h2-5,9-10H,1H3,(H2,17,18,19,21,22). The summed E-state index contributed by atoms with van der Waals surface area (Å²) in [5.74, 6) is -2.69. The Kier molecular flexibility index (Phi) is 3.90. The molecule has 1 aliphatic heterocycles. The van der Waals surface area contributed by atoms with Gasteiger partial charge in [-0.1, -0.05) is 12.1 Å². The fourth-order valence-corrected chi connectivity index (χ4v) is 2.75. The zero-order chi connectivity index (χ0) is 18.1. The van der Waals surface area contributed by atoms with Crippen molar-refractivity contribution in [1.29, 1.82) is 5.26 Å². The Bertz CT molecular complexity index is 960. The number of nitrogens with one attached hydrogen (secondary N) is 2. The van der Waals surface area contributed by atoms with Crippen LogP contribution in [0.2, 0.25) is 0 Å². The Balaban J connectivity index is 2.20. The maximum absolute atomic E-state index is 12.4. The number of ether oxygens (including phenoxy) is 1. The van der Waals surface area contributed by atoms with E-state index in [-0.39, 0.29) is 23.1 Å². The van der Waals surface area contributed by atoms with E-state index in [0.717, 1.165) is 0 Å². The van der Waals surface area contributed by atoms with Crippen LogP contribution < -0.4 is 15.6 Å². The van der Waals surface area contributed by atoms with E-state index in [0.29, 0.717) is 5.56 Å². The monoisotopic (exact) mass is 341 g/mol. The number of nitrogens with zero attached hydrogens (tertiary/aromatic N) is 3. The number of carbonyl (C=O) groups is 1. The minimum absolute atomic E-state index is 0.000419. The molecule has 0 saturated carbocycles. The quantitative estimate of drug-likeness (QED) is 0.622. The zero-order valence-electron chi connectivity index (χ0n) is 12.8. The summed E-state index contributed by atoms with van der Waals surface area (Å²) < 4.78 is 4.87. The molecule has 2 unspecified atom stereocenters. The molecule has 0 fully saturated rings. The predicted octanol–water partition coefficient (Wildman–Crippen LogP) is 0.910. The number of aromatic nitrogens is 2. The molecule has 0 spiro atoms. The zero-order valence-corrected chi connectivity index (χ0v) is 12.8. The third kappa shape index (κ3) is 2.67. The van der Waals surface area contributed by atoms with Gasteiger partial charge in [-0.2, -0.15) is 10.2 Å². The molecule has 2 atom stereocenters. The molecule has 1 aliphatic rings. The number of non-ortho nitro benzene ring substituents is 1. The van der Waals surface area contributed by atoms with Gasteiger partial charge >= 0.3 is 0 Å². The molecule has 3 rings (SSSR count). The molecule has 0 aliphatic carbocycles. The maximum atomic E-state index is 12.4. The largest absolute Gasteiger partial charge is 0.468 e. The Morgan fingerprint density at radius 1 is 1.32 bits per heavy atom. The van der Waals surface area contributed by atoms with Crippen molar-refractivity contribution in [3.05, 3.63) is 55.9 Å². The van der Waals surface area contributed by atoms with Gasteiger partial charge in [0, 0.05) is 18.1 Å². The predicted molar refractivity (Wildman–Crippen MR) is 84.1 cm³/mol. The molecule has 10 heteroatoms. The highest BCUT2D eigenvalue weighted by Gasteiger charge is 2.40. The Morgan fingerprint density at radius 2 is 2.00 bits per heavy atom. The van der Waals surface area contributed by atoms with E-state index in [1.807, 2.05) is 6.07 Å². The normalized spacial score (nSPS) is 18.6. The first-order valence-electron chi connectivity index (χ1n) is 7.09. The van der Waals surface area contributed by atoms with Crippen LogP contribution in [0.5, 0.6) is 6.01 Å². The van der Waals surface area contributed by atoms with Gasteiger partial charge in [-0.3, -0.25) is 24.7 Å². The van der Waals surface area contributed by atoms with E-state index in [1.54, 1.807) is 0 Å². The molecular weight excluding hydrogens is 330 g/mol. The van der Waals surface area contributed by atoms with Crippen molar-refractivity contribution < 1.29 is 14.5 Å². The summed E-state index contributed by atoms with van der Waals surface area (Å²) in [7, 11) is 1.31. The first-order chi connectivity index (χ1) is 12.0. The van der Waals surface area contributed by atoms with E-state index >= 15 is 0 Å². The number of amides is 1. The molecule has 1 amide bonds. The summed E-state index contributed by atoms with van der Waals surface area (Å²) in [5.41, 5.74) is -0.184. The van der Waals surface area contributed by atoms with Crippen molar-refractivity contribution in [1.82, 2.24) is 9.97 Å². The van der Waals surface area contributed by atoms with Gasteiger partial charge in [0.2, 0.25) is 5.91 Å². The van der Waals surface area contributed by atoms with Crippen LogP contribution in [0.15, 0.2) is 29.1 Å². The number of nitro benzene ring substituents is 1. The molecule has 1 aromatic heterocycles. The van der Waals surface area contributed by atoms with Crippen LogP contribution in [0.4, 0.5) is 11.5 Å². The molecule has 1 aromatic carbocycles. The highest BCUT2D eigenvalue weighted by Crippen LogP contribution is 2.38. The third-order valence-electron chi connectivity index (χ3n) is 3.90. The van der Waals surface area contributed by atoms with Crippen LogP contribution in [0.25, 0.3) is 0 Å². The van der Waals surface area contributed by atoms with Crippen molar-refractivity contribution in [3.63, 3.8) is 0 Å². The summed E-state index contributed by atoms with van der Waals surface area (Å²) in [6, 6.07) is 7.13. The van der Waals surface area contributed by atoms with E-state index < -0.39 is 28.2 Å². The lowest BCUT2D eigenvalue weighted by molar-refractivity contribution is -0.384. The molecule has 0 bridgehead atoms. The second-order valence-corrected chi connectivity index (χ2v) is 5.26. The van der Waals surface area contributed by atoms with Gasteiger partial charge in [0.25, 0.3) is 17.3 Å². The number of methoxy groups -OCH3 is 1. The second-order valence-electron chi connectivity index (χ2n) is 5.26. The van der Waals surface area contributed by atoms with Gasteiger partial charge in [-0.05, 0) is 5.56 Å². The Hall–Kier alpha value is -3.74. The number of hydrogen-bond donors (Lipinski definition) is 2. The summed E-state index contributed by atoms with van der Waals surface area (Å²) >= 11 is 0. The summed E-state index contributed by atoms with van der Waals surface area (Å²) in [6.45, 7) is 0. The molecule has 25 heavy (non-hydrogen) atoms. The Labute approximate surface area is 140 Å². The van der Waals surface area contributed by atoms with E-state index in [9.17, 15) is 25.0 Å². The Morgan fingerprint density at radius 3 is 2.56 bits per heavy atom. The number of rotatable bonds is 3. The first-order valence-corrected chi connectivity index (χ1v) is 7.09. The molecule has 0 saturated heterocycles.